The second-order valence-electron chi connectivity index (χ2n) is 6.38. The van der Waals surface area contributed by atoms with Gasteiger partial charge in [0.1, 0.15) is 0 Å². The zero-order valence-electron chi connectivity index (χ0n) is 14.9. The molecule has 124 valence electrons. The van der Waals surface area contributed by atoms with Crippen LogP contribution in [0.25, 0.3) is 0 Å². The van der Waals surface area contributed by atoms with Gasteiger partial charge in [0.2, 0.25) is 0 Å². The van der Waals surface area contributed by atoms with E-state index in [1.807, 2.05) is 0 Å². The lowest BCUT2D eigenvalue weighted by Gasteiger charge is -2.05. The van der Waals surface area contributed by atoms with Crippen LogP contribution in [-0.2, 0) is 0 Å². The molecule has 0 fully saturated rings. The highest BCUT2D eigenvalue weighted by molar-refractivity contribution is 5.05. The number of hydrogen-bond acceptors (Lipinski definition) is 2. The van der Waals surface area contributed by atoms with Gasteiger partial charge in [0.05, 0.1) is 6.07 Å². The van der Waals surface area contributed by atoms with Gasteiger partial charge in [-0.3, -0.25) is 0 Å². The van der Waals surface area contributed by atoms with Crippen molar-refractivity contribution in [3.63, 3.8) is 0 Å². The lowest BCUT2D eigenvalue weighted by molar-refractivity contribution is 0.268. The molecule has 0 amide bonds. The van der Waals surface area contributed by atoms with E-state index in [9.17, 15) is 0 Å². The van der Waals surface area contributed by atoms with E-state index in [1.165, 1.54) is 16.7 Å². The average molecular weight is 303 g/mol. The zero-order valence-corrected chi connectivity index (χ0v) is 14.9. The van der Waals surface area contributed by atoms with Crippen LogP contribution >= 0.6 is 0 Å². The molecule has 2 heteroatoms. The van der Waals surface area contributed by atoms with Crippen LogP contribution < -0.4 is 0 Å². The SMILES string of the molecule is CC(C)=CCC/C(C)=C/CC/C(C)=C/CCC(C#N)CCO. The molecule has 0 bridgehead atoms. The van der Waals surface area contributed by atoms with Gasteiger partial charge in [0.25, 0.3) is 0 Å². The average Bonchev–Trinajstić information content (AvgIpc) is 2.46. The van der Waals surface area contributed by atoms with Gasteiger partial charge in [-0.2, -0.15) is 5.26 Å². The maximum atomic E-state index is 8.94. The molecule has 0 radical (unpaired) electrons. The summed E-state index contributed by atoms with van der Waals surface area (Å²) >= 11 is 0. The van der Waals surface area contributed by atoms with Gasteiger partial charge in [0, 0.05) is 12.5 Å². The van der Waals surface area contributed by atoms with Crippen molar-refractivity contribution in [1.29, 1.82) is 5.26 Å². The van der Waals surface area contributed by atoms with E-state index in [1.54, 1.807) is 0 Å². The van der Waals surface area contributed by atoms with Crippen molar-refractivity contribution < 1.29 is 5.11 Å². The summed E-state index contributed by atoms with van der Waals surface area (Å²) in [6.07, 6.45) is 13.8. The smallest absolute Gasteiger partial charge is 0.0656 e. The highest BCUT2D eigenvalue weighted by Crippen LogP contribution is 2.14. The molecule has 0 aromatic rings. The molecule has 0 spiro atoms. The van der Waals surface area contributed by atoms with Crippen LogP contribution in [-0.4, -0.2) is 11.7 Å². The summed E-state index contributed by atoms with van der Waals surface area (Å²) in [6, 6.07) is 2.26. The van der Waals surface area contributed by atoms with E-state index in [4.69, 9.17) is 10.4 Å². The minimum atomic E-state index is -0.00809. The van der Waals surface area contributed by atoms with Gasteiger partial charge >= 0.3 is 0 Å². The van der Waals surface area contributed by atoms with Crippen molar-refractivity contribution in [2.75, 3.05) is 6.61 Å². The van der Waals surface area contributed by atoms with Crippen LogP contribution in [0.1, 0.15) is 72.6 Å². The predicted octanol–water partition coefficient (Wildman–Crippen LogP) is 5.71. The van der Waals surface area contributed by atoms with Crippen LogP contribution in [0.3, 0.4) is 0 Å². The Morgan fingerprint density at radius 3 is 1.95 bits per heavy atom. The maximum Gasteiger partial charge on any atom is 0.0656 e. The van der Waals surface area contributed by atoms with Crippen molar-refractivity contribution in [2.24, 2.45) is 5.92 Å². The molecule has 0 saturated heterocycles. The monoisotopic (exact) mass is 303 g/mol. The number of aliphatic hydroxyl groups is 1. The molecule has 1 unspecified atom stereocenters. The van der Waals surface area contributed by atoms with Gasteiger partial charge in [-0.1, -0.05) is 34.9 Å². The summed E-state index contributed by atoms with van der Waals surface area (Å²) in [5.74, 6) is -0.00809. The molecule has 0 aliphatic carbocycles. The van der Waals surface area contributed by atoms with E-state index < -0.39 is 0 Å². The van der Waals surface area contributed by atoms with Crippen molar-refractivity contribution >= 4 is 0 Å². The second kappa shape index (κ2) is 13.3. The van der Waals surface area contributed by atoms with Gasteiger partial charge in [-0.15, -0.1) is 0 Å². The molecule has 0 heterocycles. The van der Waals surface area contributed by atoms with Gasteiger partial charge < -0.3 is 5.11 Å². The van der Waals surface area contributed by atoms with E-state index in [-0.39, 0.29) is 12.5 Å². The van der Waals surface area contributed by atoms with Crippen molar-refractivity contribution in [3.8, 4) is 6.07 Å². The van der Waals surface area contributed by atoms with Crippen LogP contribution in [0.5, 0.6) is 0 Å². The Morgan fingerprint density at radius 1 is 0.909 bits per heavy atom. The zero-order chi connectivity index (χ0) is 16.8. The fraction of sp³-hybridized carbons (Fsp3) is 0.650. The first-order valence-corrected chi connectivity index (χ1v) is 8.44. The highest BCUT2D eigenvalue weighted by atomic mass is 16.3. The number of allylic oxidation sites excluding steroid dienone is 6. The molecule has 22 heavy (non-hydrogen) atoms. The third-order valence-electron chi connectivity index (χ3n) is 3.79. The van der Waals surface area contributed by atoms with Crippen molar-refractivity contribution in [3.05, 3.63) is 34.9 Å². The number of nitriles is 1. The summed E-state index contributed by atoms with van der Waals surface area (Å²) in [5, 5.41) is 17.8. The molecule has 2 nitrogen and oxygen atoms in total. The van der Waals surface area contributed by atoms with E-state index in [0.717, 1.165) is 38.5 Å². The molecule has 0 aromatic carbocycles. The number of nitrogens with zero attached hydrogens (tertiary/aromatic N) is 1. The normalized spacial score (nSPS) is 13.6. The van der Waals surface area contributed by atoms with Gasteiger partial charge in [0.15, 0.2) is 0 Å². The standard InChI is InChI=1S/C20H33NO/c1-17(2)8-5-9-18(3)10-6-11-19(4)12-7-13-20(16-21)14-15-22/h8,10,12,20,22H,5-7,9,11,13-15H2,1-4H3/b18-10+,19-12+. The highest BCUT2D eigenvalue weighted by Gasteiger charge is 2.04. The molecule has 0 aliphatic heterocycles. The Kier molecular flexibility index (Phi) is 12.5. The van der Waals surface area contributed by atoms with Crippen LogP contribution in [0.4, 0.5) is 0 Å². The fourth-order valence-electron chi connectivity index (χ4n) is 2.30. The Balaban J connectivity index is 3.96. The first-order valence-electron chi connectivity index (χ1n) is 8.44. The molecular formula is C20H33NO. The maximum absolute atomic E-state index is 8.94. The second-order valence-corrected chi connectivity index (χ2v) is 6.38. The Hall–Kier alpha value is -1.33. The number of hydrogen-bond donors (Lipinski definition) is 1. The van der Waals surface area contributed by atoms with Crippen LogP contribution in [0.15, 0.2) is 34.9 Å². The third kappa shape index (κ3) is 12.4. The summed E-state index contributed by atoms with van der Waals surface area (Å²) in [6.45, 7) is 8.77. The number of aliphatic hydroxyl groups excluding tert-OH is 1. The molecule has 1 N–H and O–H groups in total. The van der Waals surface area contributed by atoms with Crippen molar-refractivity contribution in [2.45, 2.75) is 72.6 Å². The Labute approximate surface area is 137 Å². The predicted molar refractivity (Wildman–Crippen MR) is 95.5 cm³/mol. The molecule has 0 saturated carbocycles. The van der Waals surface area contributed by atoms with Gasteiger partial charge in [-0.05, 0) is 72.6 Å². The largest absolute Gasteiger partial charge is 0.396 e. The summed E-state index contributed by atoms with van der Waals surface area (Å²) in [4.78, 5) is 0. The first kappa shape index (κ1) is 20.7. The van der Waals surface area contributed by atoms with E-state index in [2.05, 4.69) is 52.0 Å². The Morgan fingerprint density at radius 2 is 1.45 bits per heavy atom. The van der Waals surface area contributed by atoms with Crippen LogP contribution in [0.2, 0.25) is 0 Å². The molecule has 0 aromatic heterocycles. The first-order chi connectivity index (χ1) is 10.5. The Bertz CT molecular complexity index is 419. The van der Waals surface area contributed by atoms with E-state index >= 15 is 0 Å². The lowest BCUT2D eigenvalue weighted by atomic mass is 10.00. The number of rotatable bonds is 11. The summed E-state index contributed by atoms with van der Waals surface area (Å²) < 4.78 is 0. The summed E-state index contributed by atoms with van der Waals surface area (Å²) in [7, 11) is 0. The summed E-state index contributed by atoms with van der Waals surface area (Å²) in [5.41, 5.74) is 4.26. The quantitative estimate of drug-likeness (QED) is 0.497. The lowest BCUT2D eigenvalue weighted by Crippen LogP contribution is -1.99. The van der Waals surface area contributed by atoms with Crippen LogP contribution in [0, 0.1) is 17.2 Å². The van der Waals surface area contributed by atoms with Crippen molar-refractivity contribution in [1.82, 2.24) is 0 Å². The molecule has 0 aliphatic rings. The third-order valence-corrected chi connectivity index (χ3v) is 3.79. The minimum Gasteiger partial charge on any atom is -0.396 e. The fourth-order valence-corrected chi connectivity index (χ4v) is 2.30. The van der Waals surface area contributed by atoms with E-state index in [0.29, 0.717) is 6.42 Å². The topological polar surface area (TPSA) is 44.0 Å². The minimum absolute atomic E-state index is 0.00809. The molecular weight excluding hydrogens is 270 g/mol. The van der Waals surface area contributed by atoms with Gasteiger partial charge in [-0.25, -0.2) is 0 Å². The molecule has 1 atom stereocenters. The molecule has 0 rings (SSSR count).